The standard InChI is InChI=1S/C24H24N4O3S/c29-23-16-32-22-13-19(7-8-21(22)26-23)31-15-24(30)28-11-9-27(10-12-28)14-18-6-5-17-3-1-2-4-20(17)25-18/h1-8,13H,9-12,14-16H2,(H,26,29). The quantitative estimate of drug-likeness (QED) is 0.647. The van der Waals surface area contributed by atoms with Gasteiger partial charge in [-0.05, 0) is 30.3 Å². The molecule has 0 aliphatic carbocycles. The largest absolute Gasteiger partial charge is 0.484 e. The van der Waals surface area contributed by atoms with Gasteiger partial charge >= 0.3 is 0 Å². The Bertz CT molecular complexity index is 1160. The van der Waals surface area contributed by atoms with E-state index in [1.807, 2.05) is 35.2 Å². The van der Waals surface area contributed by atoms with Gasteiger partial charge < -0.3 is 15.0 Å². The number of hydrogen-bond acceptors (Lipinski definition) is 6. The second kappa shape index (κ2) is 9.18. The third-order valence-corrected chi connectivity index (χ3v) is 6.77. The first kappa shape index (κ1) is 20.8. The fourth-order valence-electron chi connectivity index (χ4n) is 3.96. The minimum atomic E-state index is -0.00726. The second-order valence-corrected chi connectivity index (χ2v) is 8.95. The summed E-state index contributed by atoms with van der Waals surface area (Å²) < 4.78 is 5.74. The monoisotopic (exact) mass is 448 g/mol. The molecule has 32 heavy (non-hydrogen) atoms. The topological polar surface area (TPSA) is 74.8 Å². The third-order valence-electron chi connectivity index (χ3n) is 5.71. The van der Waals surface area contributed by atoms with E-state index in [0.717, 1.165) is 46.8 Å². The lowest BCUT2D eigenvalue weighted by Crippen LogP contribution is -2.49. The molecule has 0 bridgehead atoms. The zero-order valence-electron chi connectivity index (χ0n) is 17.6. The zero-order valence-corrected chi connectivity index (χ0v) is 18.4. The van der Waals surface area contributed by atoms with Gasteiger partial charge in [0.1, 0.15) is 5.75 Å². The third kappa shape index (κ3) is 4.71. The highest BCUT2D eigenvalue weighted by Gasteiger charge is 2.22. The van der Waals surface area contributed by atoms with Crippen LogP contribution in [0.3, 0.4) is 0 Å². The Morgan fingerprint density at radius 2 is 1.91 bits per heavy atom. The summed E-state index contributed by atoms with van der Waals surface area (Å²) in [6.45, 7) is 3.79. The lowest BCUT2D eigenvalue weighted by atomic mass is 10.2. The summed E-state index contributed by atoms with van der Waals surface area (Å²) in [5.41, 5.74) is 2.86. The van der Waals surface area contributed by atoms with Crippen LogP contribution in [0.1, 0.15) is 5.69 Å². The Balaban J connectivity index is 1.11. The number of fused-ring (bicyclic) bond motifs is 2. The molecule has 3 heterocycles. The van der Waals surface area contributed by atoms with Crippen molar-refractivity contribution in [3.8, 4) is 5.75 Å². The van der Waals surface area contributed by atoms with Crippen LogP contribution in [-0.2, 0) is 16.1 Å². The number of carbonyl (C=O) groups is 2. The van der Waals surface area contributed by atoms with Crippen molar-refractivity contribution in [3.05, 3.63) is 60.3 Å². The van der Waals surface area contributed by atoms with Gasteiger partial charge in [-0.1, -0.05) is 24.3 Å². The molecular formula is C24H24N4O3S. The van der Waals surface area contributed by atoms with E-state index in [1.54, 1.807) is 6.07 Å². The Hall–Kier alpha value is -3.10. The molecule has 0 saturated carbocycles. The van der Waals surface area contributed by atoms with Crippen LogP contribution in [0.4, 0.5) is 5.69 Å². The normalized spacial score (nSPS) is 16.5. The Kier molecular flexibility index (Phi) is 5.96. The predicted octanol–water partition coefficient (Wildman–Crippen LogP) is 3.00. The van der Waals surface area contributed by atoms with Crippen molar-refractivity contribution in [1.29, 1.82) is 0 Å². The molecule has 1 aromatic heterocycles. The summed E-state index contributed by atoms with van der Waals surface area (Å²) in [4.78, 5) is 34.0. The molecule has 0 radical (unpaired) electrons. The van der Waals surface area contributed by atoms with Crippen LogP contribution in [0, 0.1) is 0 Å². The fraction of sp³-hybridized carbons (Fsp3) is 0.292. The number of anilines is 1. The van der Waals surface area contributed by atoms with Crippen molar-refractivity contribution in [2.24, 2.45) is 0 Å². The summed E-state index contributed by atoms with van der Waals surface area (Å²) in [6, 6.07) is 17.8. The Labute approximate surface area is 190 Å². The van der Waals surface area contributed by atoms with Crippen molar-refractivity contribution in [1.82, 2.24) is 14.8 Å². The highest BCUT2D eigenvalue weighted by atomic mass is 32.2. The molecule has 2 aromatic carbocycles. The minimum Gasteiger partial charge on any atom is -0.484 e. The van der Waals surface area contributed by atoms with Crippen LogP contribution in [0.2, 0.25) is 0 Å². The summed E-state index contributed by atoms with van der Waals surface area (Å²) in [5.74, 6) is 1.03. The minimum absolute atomic E-state index is 0.00175. The number of hydrogen-bond donors (Lipinski definition) is 1. The van der Waals surface area contributed by atoms with E-state index in [-0.39, 0.29) is 18.4 Å². The zero-order chi connectivity index (χ0) is 21.9. The molecule has 1 N–H and O–H groups in total. The van der Waals surface area contributed by atoms with Crippen LogP contribution in [0.15, 0.2) is 59.5 Å². The van der Waals surface area contributed by atoms with Crippen LogP contribution >= 0.6 is 11.8 Å². The van der Waals surface area contributed by atoms with Crippen LogP contribution in [0.25, 0.3) is 10.9 Å². The summed E-state index contributed by atoms with van der Waals surface area (Å²) in [5, 5.41) is 3.98. The van der Waals surface area contributed by atoms with Gasteiger partial charge in [-0.2, -0.15) is 0 Å². The van der Waals surface area contributed by atoms with E-state index in [2.05, 4.69) is 28.4 Å². The molecule has 2 amide bonds. The van der Waals surface area contributed by atoms with E-state index in [1.165, 1.54) is 11.8 Å². The number of aromatic nitrogens is 1. The average molecular weight is 449 g/mol. The molecule has 2 aliphatic heterocycles. The first-order chi connectivity index (χ1) is 15.6. The first-order valence-electron chi connectivity index (χ1n) is 10.7. The number of nitrogens with one attached hydrogen (secondary N) is 1. The van der Waals surface area contributed by atoms with Gasteiger partial charge in [0.25, 0.3) is 5.91 Å². The molecule has 1 fully saturated rings. The lowest BCUT2D eigenvalue weighted by Gasteiger charge is -2.34. The summed E-state index contributed by atoms with van der Waals surface area (Å²) in [6.07, 6.45) is 0. The van der Waals surface area contributed by atoms with E-state index >= 15 is 0 Å². The van der Waals surface area contributed by atoms with Gasteiger partial charge in [0.15, 0.2) is 6.61 Å². The number of nitrogens with zero attached hydrogens (tertiary/aromatic N) is 3. The number of amides is 2. The molecule has 1 saturated heterocycles. The average Bonchev–Trinajstić information content (AvgIpc) is 2.83. The maximum atomic E-state index is 12.6. The van der Waals surface area contributed by atoms with E-state index in [4.69, 9.17) is 9.72 Å². The molecule has 5 rings (SSSR count). The summed E-state index contributed by atoms with van der Waals surface area (Å²) in [7, 11) is 0. The number of para-hydroxylation sites is 1. The number of pyridine rings is 1. The van der Waals surface area contributed by atoms with Crippen molar-refractivity contribution in [3.63, 3.8) is 0 Å². The van der Waals surface area contributed by atoms with Crippen molar-refractivity contribution >= 4 is 40.2 Å². The second-order valence-electron chi connectivity index (χ2n) is 7.94. The maximum Gasteiger partial charge on any atom is 0.260 e. The van der Waals surface area contributed by atoms with E-state index < -0.39 is 0 Å². The number of carbonyl (C=O) groups excluding carboxylic acids is 2. The molecule has 8 heteroatoms. The van der Waals surface area contributed by atoms with Crippen molar-refractivity contribution in [2.45, 2.75) is 11.4 Å². The molecule has 0 unspecified atom stereocenters. The SMILES string of the molecule is O=C1CSc2cc(OCC(=O)N3CCN(Cc4ccc5ccccc5n4)CC3)ccc2N1. The van der Waals surface area contributed by atoms with Crippen molar-refractivity contribution in [2.75, 3.05) is 43.9 Å². The van der Waals surface area contributed by atoms with E-state index in [9.17, 15) is 9.59 Å². The number of ether oxygens (including phenoxy) is 1. The van der Waals surface area contributed by atoms with Gasteiger partial charge in [0.05, 0.1) is 22.7 Å². The van der Waals surface area contributed by atoms with Gasteiger partial charge in [0.2, 0.25) is 5.91 Å². The maximum absolute atomic E-state index is 12.6. The number of benzene rings is 2. The van der Waals surface area contributed by atoms with Crippen LogP contribution in [-0.4, -0.2) is 65.1 Å². The molecule has 164 valence electrons. The van der Waals surface area contributed by atoms with Gasteiger partial charge in [-0.3, -0.25) is 19.5 Å². The summed E-state index contributed by atoms with van der Waals surface area (Å²) >= 11 is 1.48. The lowest BCUT2D eigenvalue weighted by molar-refractivity contribution is -0.135. The molecule has 2 aliphatic rings. The van der Waals surface area contributed by atoms with Crippen LogP contribution in [0.5, 0.6) is 5.75 Å². The van der Waals surface area contributed by atoms with Crippen molar-refractivity contribution < 1.29 is 14.3 Å². The molecule has 7 nitrogen and oxygen atoms in total. The Morgan fingerprint density at radius 3 is 2.78 bits per heavy atom. The smallest absolute Gasteiger partial charge is 0.260 e. The predicted molar refractivity (Wildman–Crippen MR) is 125 cm³/mol. The van der Waals surface area contributed by atoms with Crippen LogP contribution < -0.4 is 10.1 Å². The van der Waals surface area contributed by atoms with Gasteiger partial charge in [0, 0.05) is 43.0 Å². The fourth-order valence-corrected chi connectivity index (χ4v) is 4.79. The number of thioether (sulfide) groups is 1. The number of rotatable bonds is 5. The molecular weight excluding hydrogens is 424 g/mol. The Morgan fingerprint density at radius 1 is 1.06 bits per heavy atom. The molecule has 3 aromatic rings. The highest BCUT2D eigenvalue weighted by Crippen LogP contribution is 2.34. The molecule has 0 spiro atoms. The highest BCUT2D eigenvalue weighted by molar-refractivity contribution is 8.00. The first-order valence-corrected chi connectivity index (χ1v) is 11.7. The van der Waals surface area contributed by atoms with Gasteiger partial charge in [-0.15, -0.1) is 11.8 Å². The number of piperazine rings is 1. The molecule has 0 atom stereocenters. The van der Waals surface area contributed by atoms with E-state index in [0.29, 0.717) is 24.6 Å². The van der Waals surface area contributed by atoms with Gasteiger partial charge in [-0.25, -0.2) is 0 Å².